The first-order valence-electron chi connectivity index (χ1n) is 5.34. The van der Waals surface area contributed by atoms with E-state index in [1.807, 2.05) is 11.4 Å². The number of aromatic nitrogens is 2. The van der Waals surface area contributed by atoms with Crippen LogP contribution in [0, 0.1) is 0 Å². The molecule has 2 rings (SSSR count). The van der Waals surface area contributed by atoms with Gasteiger partial charge in [0.05, 0.1) is 19.6 Å². The number of ether oxygens (including phenoxy) is 2. The van der Waals surface area contributed by atoms with E-state index in [1.165, 1.54) is 6.33 Å². The van der Waals surface area contributed by atoms with E-state index in [4.69, 9.17) is 21.1 Å². The van der Waals surface area contributed by atoms with Crippen molar-refractivity contribution < 1.29 is 9.47 Å². The maximum absolute atomic E-state index is 6.36. The second-order valence-corrected chi connectivity index (χ2v) is 5.08. The summed E-state index contributed by atoms with van der Waals surface area (Å²) < 4.78 is 10.2. The average Bonchev–Trinajstić information content (AvgIpc) is 2.88. The van der Waals surface area contributed by atoms with Crippen LogP contribution in [0.4, 0.5) is 0 Å². The maximum Gasteiger partial charge on any atom is 0.216 e. The highest BCUT2D eigenvalue weighted by atomic mass is 35.5. The minimum atomic E-state index is -0.126. The molecule has 0 aromatic carbocycles. The van der Waals surface area contributed by atoms with Crippen LogP contribution >= 0.6 is 22.9 Å². The van der Waals surface area contributed by atoms with Crippen molar-refractivity contribution in [2.45, 2.75) is 11.8 Å². The smallest absolute Gasteiger partial charge is 0.216 e. The number of halogens is 1. The zero-order valence-electron chi connectivity index (χ0n) is 10.1. The molecule has 18 heavy (non-hydrogen) atoms. The molecule has 0 amide bonds. The Labute approximate surface area is 115 Å². The Morgan fingerprint density at radius 1 is 1.28 bits per heavy atom. The monoisotopic (exact) mass is 284 g/mol. The van der Waals surface area contributed by atoms with Gasteiger partial charge in [0.2, 0.25) is 5.88 Å². The van der Waals surface area contributed by atoms with Crippen molar-refractivity contribution in [3.8, 4) is 11.6 Å². The minimum absolute atomic E-state index is 0.126. The van der Waals surface area contributed by atoms with E-state index in [9.17, 15) is 0 Å². The molecule has 0 radical (unpaired) electrons. The molecule has 6 heteroatoms. The number of rotatable bonds is 5. The molecular formula is C12H13ClN2O2S. The van der Waals surface area contributed by atoms with Gasteiger partial charge >= 0.3 is 0 Å². The Morgan fingerprint density at radius 2 is 2.11 bits per heavy atom. The van der Waals surface area contributed by atoms with Gasteiger partial charge in [-0.05, 0) is 6.07 Å². The zero-order chi connectivity index (χ0) is 13.0. The van der Waals surface area contributed by atoms with Gasteiger partial charge in [0.1, 0.15) is 12.1 Å². The van der Waals surface area contributed by atoms with Crippen LogP contribution in [-0.2, 0) is 6.42 Å². The molecule has 0 aliphatic rings. The summed E-state index contributed by atoms with van der Waals surface area (Å²) in [5.41, 5.74) is 0.856. The average molecular weight is 285 g/mol. The second-order valence-electron chi connectivity index (χ2n) is 3.61. The Bertz CT molecular complexity index is 518. The lowest BCUT2D eigenvalue weighted by atomic mass is 10.2. The Balaban J connectivity index is 2.08. The van der Waals surface area contributed by atoms with Crippen molar-refractivity contribution in [3.63, 3.8) is 0 Å². The lowest BCUT2D eigenvalue weighted by Crippen LogP contribution is -1.98. The van der Waals surface area contributed by atoms with Gasteiger partial charge in [-0.15, -0.1) is 22.9 Å². The fourth-order valence-corrected chi connectivity index (χ4v) is 2.70. The molecule has 0 N–H and O–H groups in total. The Kier molecular flexibility index (Phi) is 4.38. The van der Waals surface area contributed by atoms with Crippen molar-refractivity contribution in [1.29, 1.82) is 0 Å². The van der Waals surface area contributed by atoms with Crippen molar-refractivity contribution in [1.82, 2.24) is 9.97 Å². The van der Waals surface area contributed by atoms with E-state index in [2.05, 4.69) is 9.97 Å². The number of thiophene rings is 1. The predicted molar refractivity (Wildman–Crippen MR) is 71.8 cm³/mol. The van der Waals surface area contributed by atoms with Crippen LogP contribution in [0.15, 0.2) is 23.8 Å². The number of nitrogens with zero attached hydrogens (tertiary/aromatic N) is 2. The van der Waals surface area contributed by atoms with Crippen LogP contribution in [0.25, 0.3) is 0 Å². The summed E-state index contributed by atoms with van der Waals surface area (Å²) in [5.74, 6) is 1.38. The molecule has 1 atom stereocenters. The molecule has 4 nitrogen and oxygen atoms in total. The van der Waals surface area contributed by atoms with Crippen LogP contribution in [0.5, 0.6) is 11.6 Å². The number of methoxy groups -OCH3 is 2. The van der Waals surface area contributed by atoms with Gasteiger partial charge in [-0.25, -0.2) is 9.97 Å². The van der Waals surface area contributed by atoms with Gasteiger partial charge in [0, 0.05) is 28.4 Å². The third kappa shape index (κ3) is 3.11. The summed E-state index contributed by atoms with van der Waals surface area (Å²) in [6.07, 6.45) is 2.11. The first-order valence-corrected chi connectivity index (χ1v) is 6.66. The molecule has 0 fully saturated rings. The first-order chi connectivity index (χ1) is 8.72. The summed E-state index contributed by atoms with van der Waals surface area (Å²) in [5, 5.41) is 1.81. The van der Waals surface area contributed by atoms with Gasteiger partial charge in [-0.2, -0.15) is 0 Å². The molecule has 0 aliphatic carbocycles. The quantitative estimate of drug-likeness (QED) is 0.792. The lowest BCUT2D eigenvalue weighted by molar-refractivity contribution is 0.396. The largest absolute Gasteiger partial charge is 0.496 e. The van der Waals surface area contributed by atoms with E-state index in [1.54, 1.807) is 31.6 Å². The normalized spacial score (nSPS) is 12.2. The molecule has 96 valence electrons. The standard InChI is InChI=1S/C12H13ClN2O2S/c1-16-9-5-11(18-6-9)10(13)3-8-4-12(17-2)15-7-14-8/h4-7,10H,3H2,1-2H3. The molecule has 0 spiro atoms. The number of hydrogen-bond acceptors (Lipinski definition) is 5. The fraction of sp³-hybridized carbons (Fsp3) is 0.333. The fourth-order valence-electron chi connectivity index (χ4n) is 1.49. The summed E-state index contributed by atoms with van der Waals surface area (Å²) in [6, 6.07) is 3.74. The van der Waals surface area contributed by atoms with Gasteiger partial charge in [-0.3, -0.25) is 0 Å². The highest BCUT2D eigenvalue weighted by Gasteiger charge is 2.13. The molecule has 0 saturated heterocycles. The minimum Gasteiger partial charge on any atom is -0.496 e. The van der Waals surface area contributed by atoms with Crippen LogP contribution in [0.2, 0.25) is 0 Å². The molecule has 2 aromatic rings. The maximum atomic E-state index is 6.36. The van der Waals surface area contributed by atoms with Crippen LogP contribution in [0.3, 0.4) is 0 Å². The van der Waals surface area contributed by atoms with E-state index < -0.39 is 0 Å². The van der Waals surface area contributed by atoms with Crippen molar-refractivity contribution in [2.75, 3.05) is 14.2 Å². The summed E-state index contributed by atoms with van der Waals surface area (Å²) in [4.78, 5) is 9.20. The van der Waals surface area contributed by atoms with E-state index in [0.29, 0.717) is 12.3 Å². The van der Waals surface area contributed by atoms with Gasteiger partial charge in [-0.1, -0.05) is 0 Å². The molecule has 0 aliphatic heterocycles. The second kappa shape index (κ2) is 6.02. The van der Waals surface area contributed by atoms with Crippen LogP contribution in [-0.4, -0.2) is 24.2 Å². The molecule has 2 heterocycles. The van der Waals surface area contributed by atoms with Crippen molar-refractivity contribution >= 4 is 22.9 Å². The molecule has 0 saturated carbocycles. The third-order valence-electron chi connectivity index (χ3n) is 2.44. The third-order valence-corrected chi connectivity index (χ3v) is 3.98. The van der Waals surface area contributed by atoms with E-state index in [-0.39, 0.29) is 5.38 Å². The Morgan fingerprint density at radius 3 is 2.78 bits per heavy atom. The first kappa shape index (κ1) is 13.1. The summed E-state index contributed by atoms with van der Waals surface area (Å²) >= 11 is 7.94. The highest BCUT2D eigenvalue weighted by molar-refractivity contribution is 7.10. The van der Waals surface area contributed by atoms with Crippen molar-refractivity contribution in [3.05, 3.63) is 34.4 Å². The predicted octanol–water partition coefficient (Wildman–Crippen LogP) is 3.08. The number of alkyl halides is 1. The summed E-state index contributed by atoms with van der Waals surface area (Å²) in [7, 11) is 3.22. The molecule has 1 unspecified atom stereocenters. The van der Waals surface area contributed by atoms with E-state index in [0.717, 1.165) is 16.3 Å². The topological polar surface area (TPSA) is 44.2 Å². The molecule has 0 bridgehead atoms. The summed E-state index contributed by atoms with van der Waals surface area (Å²) in [6.45, 7) is 0. The van der Waals surface area contributed by atoms with Crippen molar-refractivity contribution in [2.24, 2.45) is 0 Å². The van der Waals surface area contributed by atoms with Gasteiger partial charge < -0.3 is 9.47 Å². The van der Waals surface area contributed by atoms with Crippen LogP contribution in [0.1, 0.15) is 15.9 Å². The van der Waals surface area contributed by atoms with Gasteiger partial charge in [0.25, 0.3) is 0 Å². The highest BCUT2D eigenvalue weighted by Crippen LogP contribution is 2.32. The molecule has 2 aromatic heterocycles. The Hall–Kier alpha value is -1.33. The van der Waals surface area contributed by atoms with Gasteiger partial charge in [0.15, 0.2) is 0 Å². The number of hydrogen-bond donors (Lipinski definition) is 0. The SMILES string of the molecule is COc1csc(C(Cl)Cc2cc(OC)ncn2)c1. The lowest BCUT2D eigenvalue weighted by Gasteiger charge is -2.07. The van der Waals surface area contributed by atoms with E-state index >= 15 is 0 Å². The zero-order valence-corrected chi connectivity index (χ0v) is 11.7. The molecular weight excluding hydrogens is 272 g/mol. The van der Waals surface area contributed by atoms with Crippen LogP contribution < -0.4 is 9.47 Å².